The van der Waals surface area contributed by atoms with E-state index in [2.05, 4.69) is 9.72 Å². The van der Waals surface area contributed by atoms with E-state index in [1.165, 1.54) is 18.2 Å². The SMILES string of the molecule is COC(=O)c1ncccc1N1CC(CS(N)(=O)=O)CC1=O. The van der Waals surface area contributed by atoms with Crippen LogP contribution in [-0.2, 0) is 19.6 Å². The minimum Gasteiger partial charge on any atom is -0.464 e. The van der Waals surface area contributed by atoms with Crippen LogP contribution in [-0.4, -0.2) is 44.7 Å². The number of amides is 1. The Bertz CT molecular complexity index is 673. The van der Waals surface area contributed by atoms with Gasteiger partial charge in [-0.1, -0.05) is 0 Å². The quantitative estimate of drug-likeness (QED) is 0.749. The largest absolute Gasteiger partial charge is 0.464 e. The van der Waals surface area contributed by atoms with Gasteiger partial charge in [-0.25, -0.2) is 23.3 Å². The van der Waals surface area contributed by atoms with E-state index in [0.29, 0.717) is 5.69 Å². The summed E-state index contributed by atoms with van der Waals surface area (Å²) in [6.07, 6.45) is 1.48. The summed E-state index contributed by atoms with van der Waals surface area (Å²) in [5.74, 6) is -1.61. The summed E-state index contributed by atoms with van der Waals surface area (Å²) in [5.41, 5.74) is 0.330. The first kappa shape index (κ1) is 15.4. The molecule has 2 N–H and O–H groups in total. The molecule has 114 valence electrons. The van der Waals surface area contributed by atoms with Gasteiger partial charge in [-0.15, -0.1) is 0 Å². The number of nitrogens with two attached hydrogens (primary N) is 1. The molecule has 1 aromatic rings. The Morgan fingerprint density at radius 2 is 2.29 bits per heavy atom. The number of hydrogen-bond donors (Lipinski definition) is 1. The first-order valence-corrected chi connectivity index (χ1v) is 7.87. The Morgan fingerprint density at radius 1 is 1.57 bits per heavy atom. The van der Waals surface area contributed by atoms with Gasteiger partial charge in [-0.3, -0.25) is 4.79 Å². The molecule has 0 aliphatic carbocycles. The number of esters is 1. The molecule has 1 unspecified atom stereocenters. The monoisotopic (exact) mass is 313 g/mol. The fourth-order valence-electron chi connectivity index (χ4n) is 2.32. The zero-order valence-electron chi connectivity index (χ0n) is 11.4. The Morgan fingerprint density at radius 3 is 2.90 bits per heavy atom. The van der Waals surface area contributed by atoms with Gasteiger partial charge >= 0.3 is 5.97 Å². The van der Waals surface area contributed by atoms with Crippen LogP contribution in [0.1, 0.15) is 16.9 Å². The number of anilines is 1. The number of nitrogens with zero attached hydrogens (tertiary/aromatic N) is 2. The molecule has 1 saturated heterocycles. The lowest BCUT2D eigenvalue weighted by molar-refractivity contribution is -0.117. The van der Waals surface area contributed by atoms with E-state index in [0.717, 1.165) is 0 Å². The Balaban J connectivity index is 2.27. The molecule has 1 aliphatic rings. The molecule has 0 aromatic carbocycles. The summed E-state index contributed by atoms with van der Waals surface area (Å²) in [6.45, 7) is 0.172. The molecule has 0 spiro atoms. The molecular weight excluding hydrogens is 298 g/mol. The maximum atomic E-state index is 12.0. The molecule has 2 heterocycles. The van der Waals surface area contributed by atoms with Crippen molar-refractivity contribution in [3.63, 3.8) is 0 Å². The topological polar surface area (TPSA) is 120 Å². The van der Waals surface area contributed by atoms with Crippen molar-refractivity contribution >= 4 is 27.6 Å². The van der Waals surface area contributed by atoms with Gasteiger partial charge < -0.3 is 9.64 Å². The molecule has 1 atom stereocenters. The number of carbonyl (C=O) groups excluding carboxylic acids is 2. The predicted molar refractivity (Wildman–Crippen MR) is 74.0 cm³/mol. The maximum absolute atomic E-state index is 12.0. The standard InChI is InChI=1S/C12H15N3O5S/c1-20-12(17)11-9(3-2-4-14-11)15-6-8(5-10(15)16)7-21(13,18)19/h2-4,8H,5-7H2,1H3,(H2,13,18,19). The zero-order chi connectivity index (χ0) is 15.6. The molecule has 1 aromatic heterocycles. The van der Waals surface area contributed by atoms with Crippen LogP contribution in [0.15, 0.2) is 18.3 Å². The molecule has 1 fully saturated rings. The van der Waals surface area contributed by atoms with Crippen LogP contribution in [0.2, 0.25) is 0 Å². The molecule has 1 aliphatic heterocycles. The molecule has 9 heteroatoms. The number of methoxy groups -OCH3 is 1. The molecule has 0 bridgehead atoms. The second-order valence-electron chi connectivity index (χ2n) is 4.77. The van der Waals surface area contributed by atoms with E-state index >= 15 is 0 Å². The van der Waals surface area contributed by atoms with Gasteiger partial charge in [-0.2, -0.15) is 0 Å². The van der Waals surface area contributed by atoms with E-state index < -0.39 is 21.9 Å². The average Bonchev–Trinajstić information content (AvgIpc) is 2.76. The summed E-state index contributed by atoms with van der Waals surface area (Å²) in [7, 11) is -2.44. The third-order valence-electron chi connectivity index (χ3n) is 3.13. The summed E-state index contributed by atoms with van der Waals surface area (Å²) in [4.78, 5) is 29.0. The zero-order valence-corrected chi connectivity index (χ0v) is 12.2. The number of primary sulfonamides is 1. The van der Waals surface area contributed by atoms with E-state index in [-0.39, 0.29) is 30.3 Å². The normalized spacial score (nSPS) is 18.9. The number of pyridine rings is 1. The second kappa shape index (κ2) is 5.78. The summed E-state index contributed by atoms with van der Waals surface area (Å²) < 4.78 is 26.9. The molecule has 2 rings (SSSR count). The number of rotatable bonds is 4. The lowest BCUT2D eigenvalue weighted by atomic mass is 10.1. The van der Waals surface area contributed by atoms with Gasteiger partial charge in [0.1, 0.15) is 0 Å². The summed E-state index contributed by atoms with van der Waals surface area (Å²) >= 11 is 0. The van der Waals surface area contributed by atoms with E-state index in [1.54, 1.807) is 12.1 Å². The van der Waals surface area contributed by atoms with Crippen molar-refractivity contribution in [2.75, 3.05) is 24.3 Å². The van der Waals surface area contributed by atoms with Crippen molar-refractivity contribution in [2.24, 2.45) is 11.1 Å². The van der Waals surface area contributed by atoms with Gasteiger partial charge in [0.05, 0.1) is 18.6 Å². The van der Waals surface area contributed by atoms with Crippen LogP contribution in [0.3, 0.4) is 0 Å². The van der Waals surface area contributed by atoms with Crippen molar-refractivity contribution in [3.8, 4) is 0 Å². The van der Waals surface area contributed by atoms with Crippen LogP contribution in [0.4, 0.5) is 5.69 Å². The smallest absolute Gasteiger partial charge is 0.358 e. The molecule has 8 nitrogen and oxygen atoms in total. The fourth-order valence-corrected chi connectivity index (χ4v) is 3.20. The predicted octanol–water partition coefficient (Wildman–Crippen LogP) is -0.490. The molecule has 0 radical (unpaired) electrons. The van der Waals surface area contributed by atoms with Gasteiger partial charge in [0.2, 0.25) is 15.9 Å². The van der Waals surface area contributed by atoms with Crippen LogP contribution in [0, 0.1) is 5.92 Å². The van der Waals surface area contributed by atoms with Crippen molar-refractivity contribution < 1.29 is 22.7 Å². The highest BCUT2D eigenvalue weighted by molar-refractivity contribution is 7.89. The number of aromatic nitrogens is 1. The Kier molecular flexibility index (Phi) is 4.24. The average molecular weight is 313 g/mol. The minimum absolute atomic E-state index is 0.0182. The fraction of sp³-hybridized carbons (Fsp3) is 0.417. The van der Waals surface area contributed by atoms with Crippen LogP contribution in [0.25, 0.3) is 0 Å². The second-order valence-corrected chi connectivity index (χ2v) is 6.43. The third-order valence-corrected chi connectivity index (χ3v) is 4.07. The van der Waals surface area contributed by atoms with E-state index in [1.807, 2.05) is 0 Å². The Hall–Kier alpha value is -2.00. The van der Waals surface area contributed by atoms with Crippen molar-refractivity contribution in [1.82, 2.24) is 4.98 Å². The lowest BCUT2D eigenvalue weighted by Crippen LogP contribution is -2.29. The minimum atomic E-state index is -3.65. The van der Waals surface area contributed by atoms with Crippen molar-refractivity contribution in [1.29, 1.82) is 0 Å². The highest BCUT2D eigenvalue weighted by Gasteiger charge is 2.35. The van der Waals surface area contributed by atoms with Gasteiger partial charge in [0.15, 0.2) is 5.69 Å². The number of sulfonamides is 1. The molecule has 1 amide bonds. The van der Waals surface area contributed by atoms with Gasteiger partial charge in [0.25, 0.3) is 0 Å². The Labute approximate surface area is 121 Å². The third kappa shape index (κ3) is 3.56. The summed E-state index contributed by atoms with van der Waals surface area (Å²) in [5, 5.41) is 5.00. The lowest BCUT2D eigenvalue weighted by Gasteiger charge is -2.18. The molecule has 0 saturated carbocycles. The van der Waals surface area contributed by atoms with Crippen LogP contribution in [0.5, 0.6) is 0 Å². The summed E-state index contributed by atoms with van der Waals surface area (Å²) in [6, 6.07) is 3.15. The molecule has 21 heavy (non-hydrogen) atoms. The first-order valence-electron chi connectivity index (χ1n) is 6.16. The number of hydrogen-bond acceptors (Lipinski definition) is 6. The highest BCUT2D eigenvalue weighted by Crippen LogP contribution is 2.27. The van der Waals surface area contributed by atoms with Crippen molar-refractivity contribution in [3.05, 3.63) is 24.0 Å². The maximum Gasteiger partial charge on any atom is 0.358 e. The highest BCUT2D eigenvalue weighted by atomic mass is 32.2. The van der Waals surface area contributed by atoms with E-state index in [9.17, 15) is 18.0 Å². The van der Waals surface area contributed by atoms with Gasteiger partial charge in [0, 0.05) is 25.1 Å². The molecular formula is C12H15N3O5S. The van der Waals surface area contributed by atoms with Gasteiger partial charge in [-0.05, 0) is 12.1 Å². The van der Waals surface area contributed by atoms with Crippen LogP contribution >= 0.6 is 0 Å². The van der Waals surface area contributed by atoms with Crippen LogP contribution < -0.4 is 10.0 Å². The first-order chi connectivity index (χ1) is 9.81. The number of carbonyl (C=O) groups is 2. The number of ether oxygens (including phenoxy) is 1. The van der Waals surface area contributed by atoms with Crippen molar-refractivity contribution in [2.45, 2.75) is 6.42 Å². The van der Waals surface area contributed by atoms with E-state index in [4.69, 9.17) is 5.14 Å².